The molecule has 0 aliphatic carbocycles. The van der Waals surface area contributed by atoms with Crippen LogP contribution >= 0.6 is 11.8 Å². The van der Waals surface area contributed by atoms with E-state index in [9.17, 15) is 0 Å². The smallest absolute Gasteiger partial charge is 0.0208 e. The Morgan fingerprint density at radius 1 is 1.00 bits per heavy atom. The van der Waals surface area contributed by atoms with E-state index in [-0.39, 0.29) is 4.75 Å². The van der Waals surface area contributed by atoms with Crippen molar-refractivity contribution in [1.82, 2.24) is 0 Å². The Morgan fingerprint density at radius 3 is 2.05 bits per heavy atom. The quantitative estimate of drug-likeness (QED) is 0.588. The molecule has 0 saturated heterocycles. The molecule has 0 spiro atoms. The van der Waals surface area contributed by atoms with Gasteiger partial charge in [-0.1, -0.05) is 33.8 Å². The minimum absolute atomic E-state index is 0.264. The van der Waals surface area contributed by atoms with Crippen LogP contribution < -0.4 is 0 Å². The second kappa shape index (κ2) is 4.80. The third kappa shape index (κ3) is 2.13. The number of fused-ring (bicyclic) bond motifs is 1. The van der Waals surface area contributed by atoms with Crippen molar-refractivity contribution in [2.45, 2.75) is 77.9 Å². The zero-order valence-corrected chi connectivity index (χ0v) is 15.5. The van der Waals surface area contributed by atoms with Crippen molar-refractivity contribution in [1.29, 1.82) is 0 Å². The van der Waals surface area contributed by atoms with E-state index in [0.29, 0.717) is 17.3 Å². The Bertz CT molecular complexity index is 535. The topological polar surface area (TPSA) is 0 Å². The molecule has 1 aromatic carbocycles. The maximum absolute atomic E-state index is 2.46. The largest absolute Gasteiger partial charge is 0.119 e. The van der Waals surface area contributed by atoms with Gasteiger partial charge in [0, 0.05) is 9.64 Å². The number of hydrogen-bond acceptors (Lipinski definition) is 1. The standard InChI is InChI=1S/C19H30S/c1-11(2)16-15-13(4)10-12(3)14(5)17(15)20-19(8,9)18(16,6)7/h10-11,16H,1-9H3. The van der Waals surface area contributed by atoms with Gasteiger partial charge >= 0.3 is 0 Å². The molecule has 1 atom stereocenters. The molecule has 0 saturated carbocycles. The molecule has 0 radical (unpaired) electrons. The lowest BCUT2D eigenvalue weighted by molar-refractivity contribution is 0.171. The fourth-order valence-electron chi connectivity index (χ4n) is 3.88. The first-order chi connectivity index (χ1) is 9.00. The summed E-state index contributed by atoms with van der Waals surface area (Å²) in [5, 5.41) is 0. The average molecular weight is 291 g/mol. The normalized spacial score (nSPS) is 23.8. The maximum Gasteiger partial charge on any atom is 0.0208 e. The van der Waals surface area contributed by atoms with Gasteiger partial charge < -0.3 is 0 Å². The molecule has 1 heteroatoms. The van der Waals surface area contributed by atoms with E-state index in [1.807, 2.05) is 0 Å². The van der Waals surface area contributed by atoms with Crippen LogP contribution in [0.15, 0.2) is 11.0 Å². The van der Waals surface area contributed by atoms with E-state index in [1.165, 1.54) is 16.7 Å². The monoisotopic (exact) mass is 290 g/mol. The Labute approximate surface area is 129 Å². The first-order valence-electron chi connectivity index (χ1n) is 7.80. The number of aryl methyl sites for hydroxylation is 2. The summed E-state index contributed by atoms with van der Waals surface area (Å²) >= 11 is 2.10. The van der Waals surface area contributed by atoms with E-state index in [2.05, 4.69) is 80.1 Å². The molecule has 112 valence electrons. The van der Waals surface area contributed by atoms with Gasteiger partial charge in [-0.3, -0.25) is 0 Å². The van der Waals surface area contributed by atoms with Gasteiger partial charge in [0.1, 0.15) is 0 Å². The molecule has 2 rings (SSSR count). The van der Waals surface area contributed by atoms with Crippen molar-refractivity contribution in [3.63, 3.8) is 0 Å². The van der Waals surface area contributed by atoms with Crippen LogP contribution in [0.2, 0.25) is 0 Å². The van der Waals surface area contributed by atoms with E-state index < -0.39 is 0 Å². The van der Waals surface area contributed by atoms with Gasteiger partial charge in [0.15, 0.2) is 0 Å². The summed E-state index contributed by atoms with van der Waals surface area (Å²) in [6.45, 7) is 21.4. The molecule has 1 aliphatic heterocycles. The highest BCUT2D eigenvalue weighted by Gasteiger charge is 2.50. The molecule has 1 aliphatic rings. The van der Waals surface area contributed by atoms with Gasteiger partial charge in [-0.2, -0.15) is 0 Å². The van der Waals surface area contributed by atoms with Gasteiger partial charge in [-0.15, -0.1) is 11.8 Å². The van der Waals surface area contributed by atoms with Crippen LogP contribution in [0.4, 0.5) is 0 Å². The van der Waals surface area contributed by atoms with Gasteiger partial charge in [-0.05, 0) is 74.1 Å². The fourth-order valence-corrected chi connectivity index (χ4v) is 5.49. The summed E-state index contributed by atoms with van der Waals surface area (Å²) in [4.78, 5) is 1.56. The number of benzene rings is 1. The summed E-state index contributed by atoms with van der Waals surface area (Å²) in [6.07, 6.45) is 0. The molecule has 1 heterocycles. The zero-order chi connectivity index (χ0) is 15.5. The average Bonchev–Trinajstić information content (AvgIpc) is 2.27. The second-order valence-corrected chi connectivity index (χ2v) is 9.57. The van der Waals surface area contributed by atoms with Crippen molar-refractivity contribution in [3.05, 3.63) is 28.3 Å². The van der Waals surface area contributed by atoms with Crippen LogP contribution in [-0.4, -0.2) is 4.75 Å². The first kappa shape index (κ1) is 15.9. The van der Waals surface area contributed by atoms with Crippen LogP contribution in [-0.2, 0) is 0 Å². The maximum atomic E-state index is 2.46. The number of hydrogen-bond donors (Lipinski definition) is 0. The Balaban J connectivity index is 2.80. The Kier molecular flexibility index (Phi) is 3.83. The number of rotatable bonds is 1. The minimum atomic E-state index is 0.264. The number of thioether (sulfide) groups is 1. The molecule has 0 amide bonds. The summed E-state index contributed by atoms with van der Waals surface area (Å²) in [5.74, 6) is 1.30. The summed E-state index contributed by atoms with van der Waals surface area (Å²) in [7, 11) is 0. The Morgan fingerprint density at radius 2 is 1.55 bits per heavy atom. The van der Waals surface area contributed by atoms with Gasteiger partial charge in [0.2, 0.25) is 0 Å². The predicted molar refractivity (Wildman–Crippen MR) is 91.9 cm³/mol. The summed E-state index contributed by atoms with van der Waals surface area (Å²) < 4.78 is 0.264. The van der Waals surface area contributed by atoms with Gasteiger partial charge in [0.05, 0.1) is 0 Å². The third-order valence-corrected chi connectivity index (χ3v) is 7.47. The highest BCUT2D eigenvalue weighted by Crippen LogP contribution is 2.62. The molecule has 20 heavy (non-hydrogen) atoms. The van der Waals surface area contributed by atoms with E-state index >= 15 is 0 Å². The van der Waals surface area contributed by atoms with Gasteiger partial charge in [0.25, 0.3) is 0 Å². The second-order valence-electron chi connectivity index (χ2n) is 7.93. The van der Waals surface area contributed by atoms with E-state index in [1.54, 1.807) is 10.5 Å². The highest BCUT2D eigenvalue weighted by atomic mass is 32.2. The Hall–Kier alpha value is -0.430. The van der Waals surface area contributed by atoms with Crippen molar-refractivity contribution >= 4 is 11.8 Å². The molecule has 0 aromatic heterocycles. The van der Waals surface area contributed by atoms with Crippen LogP contribution in [0.1, 0.15) is 69.7 Å². The summed E-state index contributed by atoms with van der Waals surface area (Å²) in [5.41, 5.74) is 6.33. The van der Waals surface area contributed by atoms with E-state index in [4.69, 9.17) is 0 Å². The lowest BCUT2D eigenvalue weighted by Crippen LogP contribution is -2.46. The van der Waals surface area contributed by atoms with Crippen LogP contribution in [0.5, 0.6) is 0 Å². The first-order valence-corrected chi connectivity index (χ1v) is 8.62. The minimum Gasteiger partial charge on any atom is -0.119 e. The van der Waals surface area contributed by atoms with Gasteiger partial charge in [-0.25, -0.2) is 0 Å². The molecule has 0 nitrogen and oxygen atoms in total. The van der Waals surface area contributed by atoms with Crippen molar-refractivity contribution < 1.29 is 0 Å². The zero-order valence-electron chi connectivity index (χ0n) is 14.6. The SMILES string of the molecule is Cc1cc(C)c2c(c1C)SC(C)(C)C(C)(C)C2C(C)C. The fraction of sp³-hybridized carbons (Fsp3) is 0.684. The predicted octanol–water partition coefficient (Wildman–Crippen LogP) is 6.26. The molecule has 0 bridgehead atoms. The molecule has 0 fully saturated rings. The van der Waals surface area contributed by atoms with Crippen LogP contribution in [0.3, 0.4) is 0 Å². The molecule has 1 unspecified atom stereocenters. The van der Waals surface area contributed by atoms with Crippen molar-refractivity contribution in [2.75, 3.05) is 0 Å². The molecular weight excluding hydrogens is 260 g/mol. The summed E-state index contributed by atoms with van der Waals surface area (Å²) in [6, 6.07) is 2.39. The third-order valence-electron chi connectivity index (χ3n) is 5.70. The lowest BCUT2D eigenvalue weighted by atomic mass is 9.62. The van der Waals surface area contributed by atoms with Crippen LogP contribution in [0, 0.1) is 32.1 Å². The van der Waals surface area contributed by atoms with E-state index in [0.717, 1.165) is 0 Å². The molecular formula is C19H30S. The van der Waals surface area contributed by atoms with Crippen molar-refractivity contribution in [2.24, 2.45) is 11.3 Å². The van der Waals surface area contributed by atoms with Crippen molar-refractivity contribution in [3.8, 4) is 0 Å². The highest BCUT2D eigenvalue weighted by molar-refractivity contribution is 8.00. The van der Waals surface area contributed by atoms with Crippen LogP contribution in [0.25, 0.3) is 0 Å². The molecule has 1 aromatic rings. The lowest BCUT2D eigenvalue weighted by Gasteiger charge is -2.53. The molecule has 0 N–H and O–H groups in total.